The number of rotatable bonds is 4. The highest BCUT2D eigenvalue weighted by molar-refractivity contribution is 7.90. The molecule has 0 spiro atoms. The van der Waals surface area contributed by atoms with Gasteiger partial charge in [-0.2, -0.15) is 0 Å². The minimum atomic E-state index is -3.08. The number of hydrogen-bond donors (Lipinski definition) is 2. The largest absolute Gasteiger partial charge is 0.489 e. The van der Waals surface area contributed by atoms with E-state index < -0.39 is 9.84 Å². The van der Waals surface area contributed by atoms with Crippen molar-refractivity contribution in [2.75, 3.05) is 37.0 Å². The molecular weight excluding hydrogens is 268 g/mol. The molecule has 0 unspecified atom stereocenters. The van der Waals surface area contributed by atoms with Crippen molar-refractivity contribution < 1.29 is 17.9 Å². The number of amides is 1. The van der Waals surface area contributed by atoms with Gasteiger partial charge in [-0.25, -0.2) is 8.42 Å². The molecule has 0 fully saturated rings. The van der Waals surface area contributed by atoms with Gasteiger partial charge in [-0.15, -0.1) is 0 Å². The fourth-order valence-electron chi connectivity index (χ4n) is 1.79. The van der Waals surface area contributed by atoms with E-state index in [2.05, 4.69) is 10.6 Å². The van der Waals surface area contributed by atoms with Crippen molar-refractivity contribution in [2.24, 2.45) is 0 Å². The second kappa shape index (κ2) is 5.48. The predicted molar refractivity (Wildman–Crippen MR) is 72.5 cm³/mol. The molecule has 0 saturated heterocycles. The highest BCUT2D eigenvalue weighted by Crippen LogP contribution is 2.30. The molecular formula is C12H16N2O4S. The van der Waals surface area contributed by atoms with E-state index in [0.717, 1.165) is 11.9 Å². The third-order valence-corrected chi connectivity index (χ3v) is 3.63. The van der Waals surface area contributed by atoms with E-state index in [1.54, 1.807) is 12.1 Å². The van der Waals surface area contributed by atoms with Crippen molar-refractivity contribution in [3.63, 3.8) is 0 Å². The van der Waals surface area contributed by atoms with Gasteiger partial charge in [0.2, 0.25) is 0 Å². The molecule has 0 radical (unpaired) electrons. The molecule has 1 heterocycles. The van der Waals surface area contributed by atoms with Crippen molar-refractivity contribution in [3.8, 4) is 5.75 Å². The van der Waals surface area contributed by atoms with Crippen molar-refractivity contribution in [1.82, 2.24) is 5.32 Å². The number of nitrogens with one attached hydrogen (secondary N) is 2. The van der Waals surface area contributed by atoms with Gasteiger partial charge in [-0.05, 0) is 12.1 Å². The van der Waals surface area contributed by atoms with Crippen LogP contribution < -0.4 is 15.4 Å². The molecule has 7 heteroatoms. The molecule has 2 N–H and O–H groups in total. The molecule has 104 valence electrons. The second-order valence-corrected chi connectivity index (χ2v) is 6.60. The standard InChI is InChI=1S/C12H16N2O4S/c1-19(16,17)8-6-14-12(15)9-3-2-4-10-11(9)18-7-5-13-10/h2-4,13H,5-8H2,1H3,(H,14,15). The zero-order valence-corrected chi connectivity index (χ0v) is 11.4. The van der Waals surface area contributed by atoms with Crippen LogP contribution in [0.5, 0.6) is 5.75 Å². The zero-order valence-electron chi connectivity index (χ0n) is 10.6. The minimum absolute atomic E-state index is 0.0765. The lowest BCUT2D eigenvalue weighted by Gasteiger charge is -2.21. The Balaban J connectivity index is 2.07. The van der Waals surface area contributed by atoms with Crippen LogP contribution in [0.1, 0.15) is 10.4 Å². The number of carbonyl (C=O) groups excluding carboxylic acids is 1. The molecule has 1 aromatic rings. The molecule has 0 saturated carbocycles. The third-order valence-electron chi connectivity index (χ3n) is 2.68. The SMILES string of the molecule is CS(=O)(=O)CCNC(=O)c1cccc2c1OCCN2. The first-order chi connectivity index (χ1) is 8.97. The van der Waals surface area contributed by atoms with Gasteiger partial charge < -0.3 is 15.4 Å². The van der Waals surface area contributed by atoms with E-state index >= 15 is 0 Å². The number of para-hydroxylation sites is 1. The summed E-state index contributed by atoms with van der Waals surface area (Å²) in [6.07, 6.45) is 1.14. The summed E-state index contributed by atoms with van der Waals surface area (Å²) in [7, 11) is -3.08. The Hall–Kier alpha value is -1.76. The Labute approximate surface area is 112 Å². The van der Waals surface area contributed by atoms with Gasteiger partial charge in [0.1, 0.15) is 16.4 Å². The summed E-state index contributed by atoms with van der Waals surface area (Å²) >= 11 is 0. The maximum atomic E-state index is 12.0. The quantitative estimate of drug-likeness (QED) is 0.829. The van der Waals surface area contributed by atoms with Crippen LogP contribution in [0.25, 0.3) is 0 Å². The summed E-state index contributed by atoms with van der Waals surface area (Å²) in [5, 5.41) is 5.72. The van der Waals surface area contributed by atoms with Gasteiger partial charge in [0.05, 0.1) is 17.0 Å². The molecule has 1 aromatic carbocycles. The van der Waals surface area contributed by atoms with E-state index in [9.17, 15) is 13.2 Å². The third kappa shape index (κ3) is 3.60. The lowest BCUT2D eigenvalue weighted by molar-refractivity contribution is 0.0952. The molecule has 0 atom stereocenters. The first-order valence-corrected chi connectivity index (χ1v) is 7.99. The molecule has 19 heavy (non-hydrogen) atoms. The monoisotopic (exact) mass is 284 g/mol. The van der Waals surface area contributed by atoms with Gasteiger partial charge in [0.25, 0.3) is 5.91 Å². The van der Waals surface area contributed by atoms with Crippen molar-refractivity contribution in [1.29, 1.82) is 0 Å². The zero-order chi connectivity index (χ0) is 13.9. The summed E-state index contributed by atoms with van der Waals surface area (Å²) in [4.78, 5) is 12.0. The predicted octanol–water partition coefficient (Wildman–Crippen LogP) is 0.265. The van der Waals surface area contributed by atoms with Crippen molar-refractivity contribution >= 4 is 21.4 Å². The van der Waals surface area contributed by atoms with Gasteiger partial charge in [-0.3, -0.25) is 4.79 Å². The number of carbonyl (C=O) groups is 1. The van der Waals surface area contributed by atoms with Crippen LogP contribution in [0.4, 0.5) is 5.69 Å². The fourth-order valence-corrected chi connectivity index (χ4v) is 2.27. The van der Waals surface area contributed by atoms with Crippen molar-refractivity contribution in [3.05, 3.63) is 23.8 Å². The average molecular weight is 284 g/mol. The Morgan fingerprint density at radius 2 is 2.26 bits per heavy atom. The summed E-state index contributed by atoms with van der Waals surface area (Å²) in [6, 6.07) is 5.25. The highest BCUT2D eigenvalue weighted by atomic mass is 32.2. The first-order valence-electron chi connectivity index (χ1n) is 5.93. The summed E-state index contributed by atoms with van der Waals surface area (Å²) in [6.45, 7) is 1.29. The highest BCUT2D eigenvalue weighted by Gasteiger charge is 2.18. The molecule has 0 aliphatic carbocycles. The van der Waals surface area contributed by atoms with Crippen LogP contribution in [0.3, 0.4) is 0 Å². The van der Waals surface area contributed by atoms with Crippen LogP contribution in [-0.4, -0.2) is 46.0 Å². The maximum absolute atomic E-state index is 12.0. The number of anilines is 1. The fraction of sp³-hybridized carbons (Fsp3) is 0.417. The van der Waals surface area contributed by atoms with Gasteiger partial charge >= 0.3 is 0 Å². The van der Waals surface area contributed by atoms with Crippen LogP contribution >= 0.6 is 0 Å². The van der Waals surface area contributed by atoms with Crippen LogP contribution in [0.15, 0.2) is 18.2 Å². The number of hydrogen-bond acceptors (Lipinski definition) is 5. The van der Waals surface area contributed by atoms with Gasteiger partial charge in [0, 0.05) is 19.3 Å². The van der Waals surface area contributed by atoms with E-state index in [1.807, 2.05) is 6.07 Å². The smallest absolute Gasteiger partial charge is 0.255 e. The molecule has 0 bridgehead atoms. The van der Waals surface area contributed by atoms with E-state index in [0.29, 0.717) is 24.5 Å². The maximum Gasteiger partial charge on any atom is 0.255 e. The lowest BCUT2D eigenvalue weighted by atomic mass is 10.1. The van der Waals surface area contributed by atoms with E-state index in [-0.39, 0.29) is 18.2 Å². The Bertz CT molecular complexity index is 583. The molecule has 0 aromatic heterocycles. The molecule has 1 aliphatic heterocycles. The van der Waals surface area contributed by atoms with Crippen LogP contribution in [-0.2, 0) is 9.84 Å². The van der Waals surface area contributed by atoms with E-state index in [1.165, 1.54) is 0 Å². The summed E-state index contributed by atoms with van der Waals surface area (Å²) in [5.41, 5.74) is 1.19. The second-order valence-electron chi connectivity index (χ2n) is 4.34. The molecule has 2 rings (SSSR count). The normalized spacial score (nSPS) is 13.9. The lowest BCUT2D eigenvalue weighted by Crippen LogP contribution is -2.30. The van der Waals surface area contributed by atoms with Crippen LogP contribution in [0, 0.1) is 0 Å². The first kappa shape index (κ1) is 13.7. The van der Waals surface area contributed by atoms with Crippen molar-refractivity contribution in [2.45, 2.75) is 0 Å². The molecule has 1 aliphatic rings. The van der Waals surface area contributed by atoms with Gasteiger partial charge in [-0.1, -0.05) is 6.07 Å². The van der Waals surface area contributed by atoms with Gasteiger partial charge in [0.15, 0.2) is 5.75 Å². The number of fused-ring (bicyclic) bond motifs is 1. The summed E-state index contributed by atoms with van der Waals surface area (Å²) in [5.74, 6) is 0.113. The molecule has 1 amide bonds. The average Bonchev–Trinajstić information content (AvgIpc) is 2.36. The number of ether oxygens (including phenoxy) is 1. The topological polar surface area (TPSA) is 84.5 Å². The number of sulfone groups is 1. The Morgan fingerprint density at radius 1 is 1.47 bits per heavy atom. The Morgan fingerprint density at radius 3 is 3.00 bits per heavy atom. The van der Waals surface area contributed by atoms with E-state index in [4.69, 9.17) is 4.74 Å². The minimum Gasteiger partial charge on any atom is -0.489 e. The Kier molecular flexibility index (Phi) is 3.94. The van der Waals surface area contributed by atoms with Crippen LogP contribution in [0.2, 0.25) is 0 Å². The summed E-state index contributed by atoms with van der Waals surface area (Å²) < 4.78 is 27.5. The number of benzene rings is 1. The molecule has 6 nitrogen and oxygen atoms in total.